The van der Waals surface area contributed by atoms with Gasteiger partial charge < -0.3 is 54.7 Å². The van der Waals surface area contributed by atoms with Gasteiger partial charge in [0.1, 0.15) is 48.8 Å². The van der Waals surface area contributed by atoms with Gasteiger partial charge in [0.05, 0.1) is 13.2 Å². The summed E-state index contributed by atoms with van der Waals surface area (Å²) < 4.78 is 20.6. The summed E-state index contributed by atoms with van der Waals surface area (Å²) in [5, 5.41) is 68.0. The maximum absolute atomic E-state index is 10.2. The molecule has 0 bridgehead atoms. The zero-order valence-corrected chi connectivity index (χ0v) is 13.0. The molecule has 0 saturated carbocycles. The highest BCUT2D eigenvalue weighted by molar-refractivity contribution is 4.93. The van der Waals surface area contributed by atoms with Crippen LogP contribution in [-0.2, 0) is 18.9 Å². The van der Waals surface area contributed by atoms with Crippen molar-refractivity contribution in [2.45, 2.75) is 61.4 Å². The van der Waals surface area contributed by atoms with Gasteiger partial charge in [-0.05, 0) is 0 Å². The third kappa shape index (κ3) is 3.71. The molecule has 11 nitrogen and oxygen atoms in total. The molecule has 2 fully saturated rings. The summed E-state index contributed by atoms with van der Waals surface area (Å²) in [5.74, 6) is 0. The smallest absolute Gasteiger partial charge is 0.187 e. The van der Waals surface area contributed by atoms with Gasteiger partial charge in [0.25, 0.3) is 0 Å². The second-order valence-electron chi connectivity index (χ2n) is 5.74. The average molecular weight is 356 g/mol. The number of rotatable bonds is 5. The van der Waals surface area contributed by atoms with Crippen molar-refractivity contribution < 1.29 is 54.7 Å². The monoisotopic (exact) mass is 356 g/mol. The fourth-order valence-corrected chi connectivity index (χ4v) is 2.75. The molecule has 24 heavy (non-hydrogen) atoms. The lowest BCUT2D eigenvalue weighted by Gasteiger charge is -2.45. The molecule has 2 aliphatic heterocycles. The van der Waals surface area contributed by atoms with Gasteiger partial charge in [0, 0.05) is 7.11 Å². The van der Waals surface area contributed by atoms with Gasteiger partial charge in [-0.2, -0.15) is 0 Å². The van der Waals surface area contributed by atoms with Crippen molar-refractivity contribution in [2.24, 2.45) is 0 Å². The van der Waals surface area contributed by atoms with Crippen molar-refractivity contribution >= 4 is 0 Å². The van der Waals surface area contributed by atoms with Crippen molar-refractivity contribution in [1.82, 2.24) is 0 Å². The lowest BCUT2D eigenvalue weighted by Crippen LogP contribution is -2.64. The second-order valence-corrected chi connectivity index (χ2v) is 5.74. The summed E-state index contributed by atoms with van der Waals surface area (Å²) >= 11 is 0. The van der Waals surface area contributed by atoms with E-state index in [9.17, 15) is 30.6 Å². The largest absolute Gasteiger partial charge is 0.394 e. The first kappa shape index (κ1) is 19.9. The summed E-state index contributed by atoms with van der Waals surface area (Å²) in [6.45, 7) is -1.24. The summed E-state index contributed by atoms with van der Waals surface area (Å²) in [6, 6.07) is 0. The Kier molecular flexibility index (Phi) is 6.87. The summed E-state index contributed by atoms with van der Waals surface area (Å²) in [4.78, 5) is 0. The Morgan fingerprint density at radius 3 is 1.79 bits per heavy atom. The van der Waals surface area contributed by atoms with Crippen LogP contribution in [0.5, 0.6) is 0 Å². The molecule has 7 N–H and O–H groups in total. The summed E-state index contributed by atoms with van der Waals surface area (Å²) in [7, 11) is 1.24. The number of aliphatic hydroxyl groups excluding tert-OH is 7. The summed E-state index contributed by atoms with van der Waals surface area (Å²) in [5.41, 5.74) is 0. The fourth-order valence-electron chi connectivity index (χ4n) is 2.75. The van der Waals surface area contributed by atoms with E-state index in [2.05, 4.69) is 0 Å². The Labute approximate surface area is 137 Å². The van der Waals surface area contributed by atoms with Crippen molar-refractivity contribution in [2.75, 3.05) is 20.3 Å². The van der Waals surface area contributed by atoms with Crippen LogP contribution in [0.1, 0.15) is 0 Å². The predicted molar refractivity (Wildman–Crippen MR) is 73.4 cm³/mol. The number of hydrogen-bond acceptors (Lipinski definition) is 11. The highest BCUT2D eigenvalue weighted by Crippen LogP contribution is 2.29. The van der Waals surface area contributed by atoms with Crippen LogP contribution in [0, 0.1) is 0 Å². The minimum absolute atomic E-state index is 0.592. The van der Waals surface area contributed by atoms with Crippen molar-refractivity contribution in [3.05, 3.63) is 0 Å². The van der Waals surface area contributed by atoms with Crippen LogP contribution < -0.4 is 0 Å². The van der Waals surface area contributed by atoms with Crippen LogP contribution >= 0.6 is 0 Å². The molecule has 2 heterocycles. The number of ether oxygens (including phenoxy) is 4. The summed E-state index contributed by atoms with van der Waals surface area (Å²) in [6.07, 6.45) is -14.3. The highest BCUT2D eigenvalue weighted by atomic mass is 16.7. The van der Waals surface area contributed by atoms with Gasteiger partial charge in [-0.25, -0.2) is 0 Å². The van der Waals surface area contributed by atoms with Gasteiger partial charge in [-0.15, -0.1) is 0 Å². The highest BCUT2D eigenvalue weighted by Gasteiger charge is 2.50. The molecule has 10 atom stereocenters. The molecule has 2 rings (SSSR count). The van der Waals surface area contributed by atoms with Gasteiger partial charge in [-0.3, -0.25) is 0 Å². The zero-order chi connectivity index (χ0) is 18.0. The minimum atomic E-state index is -1.69. The minimum Gasteiger partial charge on any atom is -0.394 e. The average Bonchev–Trinajstić information content (AvgIpc) is 2.59. The van der Waals surface area contributed by atoms with E-state index in [1.165, 1.54) is 7.11 Å². The van der Waals surface area contributed by atoms with E-state index in [0.717, 1.165) is 0 Å². The van der Waals surface area contributed by atoms with E-state index in [0.29, 0.717) is 0 Å². The standard InChI is InChI=1S/C13H24O11/c1-21-12-10(20)8(18)11(5(3-15)23-12)24-13-9(19)7(17)6(16)4(2-14)22-13/h4-20H,2-3H2,1H3/t4?,5?,6-,7?,8?,9+,10+,11-,12?,13?/m1/s1. The normalized spacial score (nSPS) is 50.0. The number of aliphatic hydroxyl groups is 7. The molecule has 0 amide bonds. The molecule has 2 aliphatic rings. The van der Waals surface area contributed by atoms with Gasteiger partial charge in [0.15, 0.2) is 12.6 Å². The number of methoxy groups -OCH3 is 1. The van der Waals surface area contributed by atoms with Crippen LogP contribution in [0.3, 0.4) is 0 Å². The SMILES string of the molecule is COC1OC(CO)[C@@H](OC2OC(CO)[C@@H](O)C(O)[C@@H]2O)C(O)[C@@H]1O. The first-order chi connectivity index (χ1) is 11.3. The Balaban J connectivity index is 2.12. The van der Waals surface area contributed by atoms with Gasteiger partial charge in [-0.1, -0.05) is 0 Å². The molecule has 11 heteroatoms. The van der Waals surface area contributed by atoms with E-state index >= 15 is 0 Å². The second kappa shape index (κ2) is 8.29. The fraction of sp³-hybridized carbons (Fsp3) is 1.00. The van der Waals surface area contributed by atoms with Crippen LogP contribution in [0.15, 0.2) is 0 Å². The topological polar surface area (TPSA) is 179 Å². The maximum Gasteiger partial charge on any atom is 0.187 e. The van der Waals surface area contributed by atoms with Crippen LogP contribution in [0.4, 0.5) is 0 Å². The molecule has 6 unspecified atom stereocenters. The molecule has 0 aromatic rings. The molecule has 2 saturated heterocycles. The Morgan fingerprint density at radius 1 is 0.708 bits per heavy atom. The molecule has 0 radical (unpaired) electrons. The lowest BCUT2D eigenvalue weighted by atomic mass is 9.97. The van der Waals surface area contributed by atoms with Crippen molar-refractivity contribution in [3.63, 3.8) is 0 Å². The first-order valence-electron chi connectivity index (χ1n) is 7.46. The molecular formula is C13H24O11. The van der Waals surface area contributed by atoms with Gasteiger partial charge in [0.2, 0.25) is 0 Å². The van der Waals surface area contributed by atoms with Crippen LogP contribution in [0.2, 0.25) is 0 Å². The molecule has 0 aromatic carbocycles. The Morgan fingerprint density at radius 2 is 1.25 bits per heavy atom. The van der Waals surface area contributed by atoms with Crippen LogP contribution in [-0.4, -0.2) is 117 Å². The third-order valence-electron chi connectivity index (χ3n) is 4.19. The molecule has 0 aliphatic carbocycles. The Bertz CT molecular complexity index is 392. The third-order valence-corrected chi connectivity index (χ3v) is 4.19. The lowest BCUT2D eigenvalue weighted by molar-refractivity contribution is -0.357. The molecular weight excluding hydrogens is 332 g/mol. The van der Waals surface area contributed by atoms with Crippen LogP contribution in [0.25, 0.3) is 0 Å². The van der Waals surface area contributed by atoms with Gasteiger partial charge >= 0.3 is 0 Å². The number of hydrogen-bond donors (Lipinski definition) is 7. The van der Waals surface area contributed by atoms with E-state index in [4.69, 9.17) is 24.1 Å². The first-order valence-corrected chi connectivity index (χ1v) is 7.46. The van der Waals surface area contributed by atoms with E-state index in [-0.39, 0.29) is 0 Å². The Hall–Kier alpha value is -0.440. The maximum atomic E-state index is 10.2. The zero-order valence-electron chi connectivity index (χ0n) is 13.0. The molecule has 0 spiro atoms. The van der Waals surface area contributed by atoms with E-state index in [1.54, 1.807) is 0 Å². The molecule has 0 aromatic heterocycles. The quantitative estimate of drug-likeness (QED) is 0.251. The van der Waals surface area contributed by atoms with E-state index < -0.39 is 74.6 Å². The van der Waals surface area contributed by atoms with Crippen molar-refractivity contribution in [1.29, 1.82) is 0 Å². The van der Waals surface area contributed by atoms with E-state index in [1.807, 2.05) is 0 Å². The molecule has 142 valence electrons. The predicted octanol–water partition coefficient (Wildman–Crippen LogP) is -4.74. The van der Waals surface area contributed by atoms with Crippen molar-refractivity contribution in [3.8, 4) is 0 Å².